The van der Waals surface area contributed by atoms with E-state index < -0.39 is 0 Å². The van der Waals surface area contributed by atoms with Gasteiger partial charge in [0.25, 0.3) is 0 Å². The number of rotatable bonds is 2. The second kappa shape index (κ2) is 5.04. The van der Waals surface area contributed by atoms with Gasteiger partial charge >= 0.3 is 0 Å². The van der Waals surface area contributed by atoms with Gasteiger partial charge in [-0.15, -0.1) is 0 Å². The fraction of sp³-hybridized carbons (Fsp3) is 0.333. The molecule has 21 heavy (non-hydrogen) atoms. The van der Waals surface area contributed by atoms with Gasteiger partial charge in [0.05, 0.1) is 6.61 Å². The number of hydrogen-bond donors (Lipinski definition) is 1. The summed E-state index contributed by atoms with van der Waals surface area (Å²) in [7, 11) is 0. The molecule has 1 atom stereocenters. The normalized spacial score (nSPS) is 17.2. The summed E-state index contributed by atoms with van der Waals surface area (Å²) in [6, 6.07) is 12.4. The van der Waals surface area contributed by atoms with E-state index in [1.165, 1.54) is 5.56 Å². The summed E-state index contributed by atoms with van der Waals surface area (Å²) in [6.07, 6.45) is 0. The number of nitrogens with two attached hydrogens (primary N) is 1. The molecule has 0 saturated carbocycles. The van der Waals surface area contributed by atoms with Crippen LogP contribution in [0, 0.1) is 0 Å². The number of halogens is 1. The van der Waals surface area contributed by atoms with Gasteiger partial charge in [-0.05, 0) is 41.8 Å². The van der Waals surface area contributed by atoms with Crippen LogP contribution in [-0.2, 0) is 5.41 Å². The van der Waals surface area contributed by atoms with Gasteiger partial charge in [0.1, 0.15) is 5.75 Å². The Kier molecular flexibility index (Phi) is 3.46. The Bertz CT molecular complexity index is 692. The molecule has 0 amide bonds. The Morgan fingerprint density at radius 3 is 2.48 bits per heavy atom. The van der Waals surface area contributed by atoms with Crippen molar-refractivity contribution in [1.82, 2.24) is 0 Å². The van der Waals surface area contributed by atoms with E-state index in [1.54, 1.807) is 0 Å². The molecular formula is C18H20ClNO. The number of fused-ring (bicyclic) bond motifs is 1. The molecule has 0 bridgehead atoms. The van der Waals surface area contributed by atoms with Gasteiger partial charge in [0, 0.05) is 22.0 Å². The Balaban J connectivity index is 2.04. The standard InChI is InChI=1S/C18H20ClNO/c1-11(20)14-6-4-13(9-16(14)19)12-5-7-17-15(8-12)18(2,3)10-21-17/h4-9,11H,10,20H2,1-3H3. The van der Waals surface area contributed by atoms with Crippen LogP contribution < -0.4 is 10.5 Å². The highest BCUT2D eigenvalue weighted by atomic mass is 35.5. The van der Waals surface area contributed by atoms with Crippen molar-refractivity contribution < 1.29 is 4.74 Å². The maximum absolute atomic E-state index is 6.34. The minimum Gasteiger partial charge on any atom is -0.492 e. The summed E-state index contributed by atoms with van der Waals surface area (Å²) in [5.41, 5.74) is 10.5. The number of benzene rings is 2. The summed E-state index contributed by atoms with van der Waals surface area (Å²) in [4.78, 5) is 0. The van der Waals surface area contributed by atoms with E-state index in [1.807, 2.05) is 25.1 Å². The molecule has 1 unspecified atom stereocenters. The molecule has 1 aliphatic rings. The Hall–Kier alpha value is -1.51. The summed E-state index contributed by atoms with van der Waals surface area (Å²) in [5.74, 6) is 0.988. The minimum absolute atomic E-state index is 0.0564. The van der Waals surface area contributed by atoms with Crippen LogP contribution in [0.15, 0.2) is 36.4 Å². The third kappa shape index (κ3) is 2.54. The summed E-state index contributed by atoms with van der Waals surface area (Å²) in [6.45, 7) is 7.08. The topological polar surface area (TPSA) is 35.2 Å². The second-order valence-corrected chi connectivity index (χ2v) is 6.82. The maximum atomic E-state index is 6.34. The summed E-state index contributed by atoms with van der Waals surface area (Å²) >= 11 is 6.34. The van der Waals surface area contributed by atoms with E-state index in [0.29, 0.717) is 0 Å². The summed E-state index contributed by atoms with van der Waals surface area (Å²) in [5, 5.41) is 0.721. The van der Waals surface area contributed by atoms with Crippen molar-refractivity contribution in [2.75, 3.05) is 6.61 Å². The molecule has 0 radical (unpaired) electrons. The van der Waals surface area contributed by atoms with Crippen molar-refractivity contribution in [2.45, 2.75) is 32.2 Å². The molecule has 1 aliphatic heterocycles. The zero-order chi connectivity index (χ0) is 15.2. The van der Waals surface area contributed by atoms with Crippen molar-refractivity contribution in [3.63, 3.8) is 0 Å². The van der Waals surface area contributed by atoms with E-state index in [2.05, 4.69) is 32.0 Å². The summed E-state index contributed by atoms with van der Waals surface area (Å²) < 4.78 is 5.74. The number of hydrogen-bond acceptors (Lipinski definition) is 2. The molecule has 2 N–H and O–H groups in total. The third-order valence-electron chi connectivity index (χ3n) is 4.12. The van der Waals surface area contributed by atoms with Crippen molar-refractivity contribution in [2.24, 2.45) is 5.73 Å². The lowest BCUT2D eigenvalue weighted by Gasteiger charge is -2.16. The van der Waals surface area contributed by atoms with Gasteiger partial charge in [0.2, 0.25) is 0 Å². The molecule has 3 rings (SSSR count). The average molecular weight is 302 g/mol. The second-order valence-electron chi connectivity index (χ2n) is 6.41. The Morgan fingerprint density at radius 1 is 1.14 bits per heavy atom. The molecule has 0 aliphatic carbocycles. The number of ether oxygens (including phenoxy) is 1. The Labute approximate surface area is 130 Å². The monoisotopic (exact) mass is 301 g/mol. The van der Waals surface area contributed by atoms with Crippen molar-refractivity contribution >= 4 is 11.6 Å². The molecule has 0 spiro atoms. The smallest absolute Gasteiger partial charge is 0.123 e. The first-order valence-corrected chi connectivity index (χ1v) is 7.59. The molecule has 2 aromatic rings. The molecular weight excluding hydrogens is 282 g/mol. The van der Waals surface area contributed by atoms with Gasteiger partial charge in [-0.2, -0.15) is 0 Å². The molecule has 0 aromatic heterocycles. The molecule has 2 aromatic carbocycles. The fourth-order valence-electron chi connectivity index (χ4n) is 2.78. The van der Waals surface area contributed by atoms with Crippen LogP contribution in [0.5, 0.6) is 5.75 Å². The third-order valence-corrected chi connectivity index (χ3v) is 4.45. The van der Waals surface area contributed by atoms with Crippen LogP contribution >= 0.6 is 11.6 Å². The first-order chi connectivity index (χ1) is 9.88. The van der Waals surface area contributed by atoms with Crippen LogP contribution in [0.25, 0.3) is 11.1 Å². The molecule has 3 heteroatoms. The molecule has 2 nitrogen and oxygen atoms in total. The minimum atomic E-state index is -0.0566. The van der Waals surface area contributed by atoms with Crippen molar-refractivity contribution in [3.8, 4) is 16.9 Å². The van der Waals surface area contributed by atoms with E-state index in [-0.39, 0.29) is 11.5 Å². The van der Waals surface area contributed by atoms with E-state index in [4.69, 9.17) is 22.1 Å². The average Bonchev–Trinajstić information content (AvgIpc) is 2.74. The van der Waals surface area contributed by atoms with Crippen LogP contribution in [0.2, 0.25) is 5.02 Å². The van der Waals surface area contributed by atoms with E-state index in [9.17, 15) is 0 Å². The molecule has 110 valence electrons. The zero-order valence-corrected chi connectivity index (χ0v) is 13.4. The van der Waals surface area contributed by atoms with Crippen molar-refractivity contribution in [3.05, 3.63) is 52.5 Å². The maximum Gasteiger partial charge on any atom is 0.123 e. The highest BCUT2D eigenvalue weighted by Gasteiger charge is 2.31. The van der Waals surface area contributed by atoms with Crippen molar-refractivity contribution in [1.29, 1.82) is 0 Å². The van der Waals surface area contributed by atoms with Crippen LogP contribution in [0.4, 0.5) is 0 Å². The lowest BCUT2D eigenvalue weighted by Crippen LogP contribution is -2.18. The SMILES string of the molecule is CC(N)c1ccc(-c2ccc3c(c2)C(C)(C)CO3)cc1Cl. The van der Waals surface area contributed by atoms with E-state index in [0.717, 1.165) is 34.1 Å². The van der Waals surface area contributed by atoms with E-state index >= 15 is 0 Å². The van der Waals surface area contributed by atoms with Gasteiger partial charge < -0.3 is 10.5 Å². The largest absolute Gasteiger partial charge is 0.492 e. The van der Waals surface area contributed by atoms with Gasteiger partial charge in [-0.3, -0.25) is 0 Å². The van der Waals surface area contributed by atoms with Crippen LogP contribution in [-0.4, -0.2) is 6.61 Å². The van der Waals surface area contributed by atoms with Crippen LogP contribution in [0.1, 0.15) is 37.9 Å². The molecule has 0 fully saturated rings. The highest BCUT2D eigenvalue weighted by Crippen LogP contribution is 2.41. The van der Waals surface area contributed by atoms with Gasteiger partial charge in [-0.1, -0.05) is 43.6 Å². The first-order valence-electron chi connectivity index (χ1n) is 7.21. The van der Waals surface area contributed by atoms with Gasteiger partial charge in [-0.25, -0.2) is 0 Å². The highest BCUT2D eigenvalue weighted by molar-refractivity contribution is 6.31. The molecule has 1 heterocycles. The molecule has 0 saturated heterocycles. The lowest BCUT2D eigenvalue weighted by molar-refractivity contribution is 0.291. The predicted octanol–water partition coefficient (Wildman–Crippen LogP) is 4.70. The zero-order valence-electron chi connectivity index (χ0n) is 12.6. The lowest BCUT2D eigenvalue weighted by atomic mass is 9.85. The predicted molar refractivity (Wildman–Crippen MR) is 88.0 cm³/mol. The Morgan fingerprint density at radius 2 is 1.81 bits per heavy atom. The quantitative estimate of drug-likeness (QED) is 0.873. The fourth-order valence-corrected chi connectivity index (χ4v) is 3.13. The van der Waals surface area contributed by atoms with Crippen LogP contribution in [0.3, 0.4) is 0 Å². The van der Waals surface area contributed by atoms with Gasteiger partial charge in [0.15, 0.2) is 0 Å². The first kappa shape index (κ1) is 14.4.